The fraction of sp³-hybridized carbons (Fsp3) is 0.933. The van der Waals surface area contributed by atoms with Crippen molar-refractivity contribution < 1.29 is 0 Å². The highest BCUT2D eigenvalue weighted by molar-refractivity contribution is 5.04. The van der Waals surface area contributed by atoms with E-state index in [-0.39, 0.29) is 5.54 Å². The third kappa shape index (κ3) is 4.96. The van der Waals surface area contributed by atoms with Crippen molar-refractivity contribution in [3.63, 3.8) is 0 Å². The Morgan fingerprint density at radius 3 is 2.78 bits per heavy atom. The molecule has 1 aliphatic rings. The predicted molar refractivity (Wildman–Crippen MR) is 76.4 cm³/mol. The molecule has 0 aromatic heterocycles. The van der Waals surface area contributed by atoms with Gasteiger partial charge in [0.25, 0.3) is 0 Å². The third-order valence-electron chi connectivity index (χ3n) is 3.96. The number of nitrogens with zero attached hydrogens (tertiary/aromatic N) is 2. The van der Waals surface area contributed by atoms with Gasteiger partial charge in [-0.25, -0.2) is 0 Å². The smallest absolute Gasteiger partial charge is 0.105 e. The van der Waals surface area contributed by atoms with Gasteiger partial charge in [0.2, 0.25) is 0 Å². The van der Waals surface area contributed by atoms with Crippen LogP contribution in [0.3, 0.4) is 0 Å². The van der Waals surface area contributed by atoms with Gasteiger partial charge in [-0.3, -0.25) is 5.32 Å². The zero-order valence-electron chi connectivity index (χ0n) is 12.5. The van der Waals surface area contributed by atoms with Gasteiger partial charge in [0.05, 0.1) is 6.07 Å². The molecule has 0 amide bonds. The lowest BCUT2D eigenvalue weighted by Crippen LogP contribution is -2.48. The number of hydrogen-bond donors (Lipinski definition) is 1. The van der Waals surface area contributed by atoms with Crippen molar-refractivity contribution >= 4 is 0 Å². The fourth-order valence-corrected chi connectivity index (χ4v) is 2.87. The molecule has 3 heteroatoms. The summed E-state index contributed by atoms with van der Waals surface area (Å²) in [6.45, 7) is 12.0. The molecule has 0 aromatic carbocycles. The van der Waals surface area contributed by atoms with Gasteiger partial charge >= 0.3 is 0 Å². The number of piperidine rings is 1. The monoisotopic (exact) mass is 251 g/mol. The largest absolute Gasteiger partial charge is 0.303 e. The molecule has 1 rings (SSSR count). The summed E-state index contributed by atoms with van der Waals surface area (Å²) in [5, 5.41) is 12.7. The topological polar surface area (TPSA) is 39.1 Å². The first-order chi connectivity index (χ1) is 8.49. The summed E-state index contributed by atoms with van der Waals surface area (Å²) in [5.41, 5.74) is -0.382. The van der Waals surface area contributed by atoms with Crippen LogP contribution in [0.25, 0.3) is 0 Å². The lowest BCUT2D eigenvalue weighted by Gasteiger charge is -2.34. The van der Waals surface area contributed by atoms with E-state index in [2.05, 4.69) is 37.1 Å². The van der Waals surface area contributed by atoms with Gasteiger partial charge in [0, 0.05) is 19.1 Å². The average Bonchev–Trinajstić information content (AvgIpc) is 2.36. The molecule has 18 heavy (non-hydrogen) atoms. The molecule has 2 atom stereocenters. The van der Waals surface area contributed by atoms with E-state index >= 15 is 0 Å². The van der Waals surface area contributed by atoms with Crippen LogP contribution in [0.5, 0.6) is 0 Å². The summed E-state index contributed by atoms with van der Waals surface area (Å²) in [4.78, 5) is 2.54. The van der Waals surface area contributed by atoms with E-state index in [1.54, 1.807) is 0 Å². The Morgan fingerprint density at radius 1 is 1.50 bits per heavy atom. The highest BCUT2D eigenvalue weighted by atomic mass is 15.1. The number of nitriles is 1. The van der Waals surface area contributed by atoms with Gasteiger partial charge in [-0.2, -0.15) is 5.26 Å². The summed E-state index contributed by atoms with van der Waals surface area (Å²) in [6, 6.07) is 2.80. The SMILES string of the molecule is CCC1CCCN(CCC(C)(C#N)NC(C)C)C1. The molecule has 3 nitrogen and oxygen atoms in total. The molecule has 1 heterocycles. The maximum Gasteiger partial charge on any atom is 0.105 e. The Balaban J connectivity index is 2.40. The van der Waals surface area contributed by atoms with E-state index in [1.807, 2.05) is 6.92 Å². The normalized spacial score (nSPS) is 24.8. The van der Waals surface area contributed by atoms with Gasteiger partial charge < -0.3 is 4.90 Å². The zero-order chi connectivity index (χ0) is 13.6. The van der Waals surface area contributed by atoms with Crippen molar-refractivity contribution in [2.75, 3.05) is 19.6 Å². The van der Waals surface area contributed by atoms with Crippen LogP contribution in [0.2, 0.25) is 0 Å². The minimum absolute atomic E-state index is 0.361. The molecular weight excluding hydrogens is 222 g/mol. The summed E-state index contributed by atoms with van der Waals surface area (Å²) in [6.07, 6.45) is 4.90. The van der Waals surface area contributed by atoms with Crippen LogP contribution in [-0.2, 0) is 0 Å². The van der Waals surface area contributed by atoms with Crippen molar-refractivity contribution in [3.05, 3.63) is 0 Å². The molecule has 1 fully saturated rings. The predicted octanol–water partition coefficient (Wildman–Crippen LogP) is 2.78. The maximum atomic E-state index is 9.33. The lowest BCUT2D eigenvalue weighted by molar-refractivity contribution is 0.159. The second kappa shape index (κ2) is 7.11. The first kappa shape index (κ1) is 15.5. The van der Waals surface area contributed by atoms with Crippen molar-refractivity contribution in [2.24, 2.45) is 5.92 Å². The van der Waals surface area contributed by atoms with Crippen LogP contribution < -0.4 is 5.32 Å². The lowest BCUT2D eigenvalue weighted by atomic mass is 9.93. The molecule has 1 aliphatic heterocycles. The van der Waals surface area contributed by atoms with Crippen LogP contribution in [-0.4, -0.2) is 36.1 Å². The van der Waals surface area contributed by atoms with E-state index in [9.17, 15) is 5.26 Å². The van der Waals surface area contributed by atoms with Crippen LogP contribution >= 0.6 is 0 Å². The minimum atomic E-state index is -0.382. The zero-order valence-corrected chi connectivity index (χ0v) is 12.5. The van der Waals surface area contributed by atoms with Gasteiger partial charge in [-0.05, 0) is 52.5 Å². The Morgan fingerprint density at radius 2 is 2.22 bits per heavy atom. The van der Waals surface area contributed by atoms with Crippen molar-refractivity contribution in [3.8, 4) is 6.07 Å². The number of nitrogens with one attached hydrogen (secondary N) is 1. The number of likely N-dealkylation sites (tertiary alicyclic amines) is 1. The first-order valence-corrected chi connectivity index (χ1v) is 7.40. The van der Waals surface area contributed by atoms with E-state index in [1.165, 1.54) is 32.4 Å². The summed E-state index contributed by atoms with van der Waals surface area (Å²) in [5.74, 6) is 0.866. The fourth-order valence-electron chi connectivity index (χ4n) is 2.87. The quantitative estimate of drug-likeness (QED) is 0.789. The third-order valence-corrected chi connectivity index (χ3v) is 3.96. The Hall–Kier alpha value is -0.590. The van der Waals surface area contributed by atoms with Crippen molar-refractivity contribution in [2.45, 2.75) is 65.0 Å². The number of rotatable bonds is 6. The molecular formula is C15H29N3. The average molecular weight is 251 g/mol. The van der Waals surface area contributed by atoms with E-state index in [0.717, 1.165) is 18.9 Å². The summed E-state index contributed by atoms with van der Waals surface area (Å²) < 4.78 is 0. The molecule has 1 saturated heterocycles. The van der Waals surface area contributed by atoms with E-state index in [4.69, 9.17) is 0 Å². The first-order valence-electron chi connectivity index (χ1n) is 7.40. The van der Waals surface area contributed by atoms with Crippen LogP contribution in [0.4, 0.5) is 0 Å². The van der Waals surface area contributed by atoms with Crippen LogP contribution in [0.1, 0.15) is 53.4 Å². The molecule has 0 spiro atoms. The Labute approximate surface area is 113 Å². The van der Waals surface area contributed by atoms with E-state index < -0.39 is 0 Å². The minimum Gasteiger partial charge on any atom is -0.303 e. The van der Waals surface area contributed by atoms with Crippen molar-refractivity contribution in [1.29, 1.82) is 5.26 Å². The molecule has 0 aliphatic carbocycles. The number of hydrogen-bond acceptors (Lipinski definition) is 3. The Bertz CT molecular complexity index is 282. The van der Waals surface area contributed by atoms with Crippen LogP contribution in [0.15, 0.2) is 0 Å². The van der Waals surface area contributed by atoms with Gasteiger partial charge in [-0.1, -0.05) is 13.3 Å². The summed E-state index contributed by atoms with van der Waals surface area (Å²) in [7, 11) is 0. The molecule has 1 N–H and O–H groups in total. The van der Waals surface area contributed by atoms with Crippen LogP contribution in [0, 0.1) is 17.2 Å². The van der Waals surface area contributed by atoms with Gasteiger partial charge in [0.15, 0.2) is 0 Å². The van der Waals surface area contributed by atoms with Gasteiger partial charge in [-0.15, -0.1) is 0 Å². The highest BCUT2D eigenvalue weighted by Crippen LogP contribution is 2.20. The molecule has 104 valence electrons. The molecule has 0 aromatic rings. The maximum absolute atomic E-state index is 9.33. The second-order valence-electron chi connectivity index (χ2n) is 6.21. The second-order valence-corrected chi connectivity index (χ2v) is 6.21. The molecule has 2 unspecified atom stereocenters. The summed E-state index contributed by atoms with van der Waals surface area (Å²) >= 11 is 0. The van der Waals surface area contributed by atoms with E-state index in [0.29, 0.717) is 6.04 Å². The molecule has 0 saturated carbocycles. The molecule has 0 radical (unpaired) electrons. The highest BCUT2D eigenvalue weighted by Gasteiger charge is 2.26. The standard InChI is InChI=1S/C15H29N3/c1-5-14-7-6-9-18(11-14)10-8-15(4,12-16)17-13(2)3/h13-14,17H,5-11H2,1-4H3. The Kier molecular flexibility index (Phi) is 6.11. The van der Waals surface area contributed by atoms with Gasteiger partial charge in [0.1, 0.15) is 5.54 Å². The molecule has 0 bridgehead atoms. The van der Waals surface area contributed by atoms with Crippen molar-refractivity contribution in [1.82, 2.24) is 10.2 Å².